The Balaban J connectivity index is 1.60. The molecule has 0 saturated carbocycles. The summed E-state index contributed by atoms with van der Waals surface area (Å²) in [5.41, 5.74) is 3.36. The van der Waals surface area contributed by atoms with Gasteiger partial charge in [0.2, 0.25) is 0 Å². The normalized spacial score (nSPS) is 15.3. The van der Waals surface area contributed by atoms with Crippen molar-refractivity contribution in [3.63, 3.8) is 0 Å². The van der Waals surface area contributed by atoms with Crippen LogP contribution in [0.5, 0.6) is 5.75 Å². The van der Waals surface area contributed by atoms with Gasteiger partial charge in [-0.15, -0.1) is 0 Å². The van der Waals surface area contributed by atoms with Crippen molar-refractivity contribution in [2.45, 2.75) is 39.8 Å². The van der Waals surface area contributed by atoms with Crippen LogP contribution in [0.15, 0.2) is 92.5 Å². The van der Waals surface area contributed by atoms with Crippen LogP contribution in [0, 0.1) is 0 Å². The number of esters is 1. The zero-order chi connectivity index (χ0) is 27.7. The molecule has 1 aliphatic rings. The summed E-state index contributed by atoms with van der Waals surface area (Å²) < 4.78 is 16.3. The van der Waals surface area contributed by atoms with Crippen LogP contribution in [-0.2, 0) is 9.53 Å². The highest BCUT2D eigenvalue weighted by molar-refractivity contribution is 9.10. The summed E-state index contributed by atoms with van der Waals surface area (Å²) in [4.78, 5) is 32.1. The maximum atomic E-state index is 13.8. The molecule has 39 heavy (non-hydrogen) atoms. The molecule has 3 heterocycles. The number of hydrogen-bond donors (Lipinski definition) is 0. The first kappa shape index (κ1) is 26.9. The molecule has 0 unspecified atom stereocenters. The second-order valence-electron chi connectivity index (χ2n) is 9.37. The molecule has 2 aromatic carbocycles. The molecule has 0 N–H and O–H groups in total. The van der Waals surface area contributed by atoms with E-state index in [1.165, 1.54) is 11.3 Å². The molecule has 1 aliphatic heterocycles. The fraction of sp³-hybridized carbons (Fsp3) is 0.233. The molecule has 0 aliphatic carbocycles. The van der Waals surface area contributed by atoms with E-state index in [4.69, 9.17) is 9.47 Å². The van der Waals surface area contributed by atoms with Gasteiger partial charge in [-0.05, 0) is 87.4 Å². The lowest BCUT2D eigenvalue weighted by atomic mass is 9.96. The van der Waals surface area contributed by atoms with Gasteiger partial charge in [0.25, 0.3) is 5.56 Å². The average molecular weight is 607 g/mol. The average Bonchev–Trinajstić information content (AvgIpc) is 3.48. The minimum Gasteiger partial charge on any atom is -0.491 e. The summed E-state index contributed by atoms with van der Waals surface area (Å²) in [5, 5.41) is 0. The van der Waals surface area contributed by atoms with Gasteiger partial charge in [-0.3, -0.25) is 9.36 Å². The number of carbonyl (C=O) groups is 1. The van der Waals surface area contributed by atoms with Gasteiger partial charge in [0.1, 0.15) is 5.75 Å². The van der Waals surface area contributed by atoms with Crippen LogP contribution in [0.4, 0.5) is 0 Å². The van der Waals surface area contributed by atoms with Crippen LogP contribution in [0.1, 0.15) is 44.9 Å². The van der Waals surface area contributed by atoms with Crippen LogP contribution in [0.2, 0.25) is 0 Å². The van der Waals surface area contributed by atoms with E-state index in [0.29, 0.717) is 20.6 Å². The van der Waals surface area contributed by atoms with Crippen molar-refractivity contribution < 1.29 is 14.3 Å². The maximum Gasteiger partial charge on any atom is 0.338 e. The van der Waals surface area contributed by atoms with Crippen molar-refractivity contribution in [3.05, 3.63) is 114 Å². The molecule has 200 valence electrons. The lowest BCUT2D eigenvalue weighted by Crippen LogP contribution is -2.39. The third-order valence-corrected chi connectivity index (χ3v) is 7.73. The molecular weight excluding hydrogens is 578 g/mol. The van der Waals surface area contributed by atoms with Gasteiger partial charge in [0, 0.05) is 22.6 Å². The van der Waals surface area contributed by atoms with Gasteiger partial charge in [-0.2, -0.15) is 0 Å². The topological polar surface area (TPSA) is 74.8 Å². The van der Waals surface area contributed by atoms with E-state index in [9.17, 15) is 9.59 Å². The molecular formula is C30H28BrN3O4S. The number of hydrogen-bond acceptors (Lipinski definition) is 6. The van der Waals surface area contributed by atoms with Crippen LogP contribution in [0.3, 0.4) is 0 Å². The Kier molecular flexibility index (Phi) is 7.72. The zero-order valence-corrected chi connectivity index (χ0v) is 24.5. The van der Waals surface area contributed by atoms with E-state index in [0.717, 1.165) is 27.0 Å². The predicted octanol–water partition coefficient (Wildman–Crippen LogP) is 5.14. The fourth-order valence-electron chi connectivity index (χ4n) is 4.53. The Morgan fingerprint density at radius 2 is 1.85 bits per heavy atom. The first-order valence-corrected chi connectivity index (χ1v) is 14.3. The number of ether oxygens (including phenoxy) is 2. The monoisotopic (exact) mass is 605 g/mol. The fourth-order valence-corrected chi connectivity index (χ4v) is 5.84. The van der Waals surface area contributed by atoms with E-state index >= 15 is 0 Å². The first-order chi connectivity index (χ1) is 18.7. The maximum absolute atomic E-state index is 13.8. The Labute approximate surface area is 238 Å². The molecule has 0 fully saturated rings. The Morgan fingerprint density at radius 1 is 1.13 bits per heavy atom. The summed E-state index contributed by atoms with van der Waals surface area (Å²) in [5.74, 6) is 0.238. The van der Waals surface area contributed by atoms with E-state index < -0.39 is 12.0 Å². The number of fused-ring (bicyclic) bond motifs is 1. The van der Waals surface area contributed by atoms with Gasteiger partial charge in [0.15, 0.2) is 4.80 Å². The summed E-state index contributed by atoms with van der Waals surface area (Å²) in [6.07, 6.45) is 5.82. The number of rotatable bonds is 7. The largest absolute Gasteiger partial charge is 0.491 e. The molecule has 7 nitrogen and oxygen atoms in total. The molecule has 4 aromatic rings. The Hall–Kier alpha value is -3.69. The van der Waals surface area contributed by atoms with Gasteiger partial charge in [0.05, 0.1) is 34.6 Å². The van der Waals surface area contributed by atoms with Crippen molar-refractivity contribution in [2.24, 2.45) is 4.99 Å². The summed E-state index contributed by atoms with van der Waals surface area (Å²) in [6, 6.07) is 16.8. The zero-order valence-electron chi connectivity index (χ0n) is 22.1. The smallest absolute Gasteiger partial charge is 0.338 e. The molecule has 2 aromatic heterocycles. The second-order valence-corrected chi connectivity index (χ2v) is 11.3. The first-order valence-electron chi connectivity index (χ1n) is 12.7. The minimum absolute atomic E-state index is 0.0318. The van der Waals surface area contributed by atoms with E-state index in [-0.39, 0.29) is 18.3 Å². The quantitative estimate of drug-likeness (QED) is 0.273. The van der Waals surface area contributed by atoms with Crippen molar-refractivity contribution in [1.82, 2.24) is 9.13 Å². The molecule has 0 bridgehead atoms. The van der Waals surface area contributed by atoms with E-state index in [2.05, 4.69) is 20.9 Å². The van der Waals surface area contributed by atoms with Crippen molar-refractivity contribution in [3.8, 4) is 11.4 Å². The number of allylic oxidation sites excluding steroid dienone is 1. The Bertz CT molecular complexity index is 1730. The Morgan fingerprint density at radius 3 is 2.51 bits per heavy atom. The number of thiazole rings is 1. The molecule has 0 radical (unpaired) electrons. The van der Waals surface area contributed by atoms with Crippen LogP contribution >= 0.6 is 27.3 Å². The third-order valence-electron chi connectivity index (χ3n) is 6.22. The van der Waals surface area contributed by atoms with Crippen LogP contribution in [0.25, 0.3) is 11.8 Å². The van der Waals surface area contributed by atoms with Gasteiger partial charge >= 0.3 is 5.97 Å². The van der Waals surface area contributed by atoms with Crippen molar-refractivity contribution >= 4 is 39.3 Å². The number of nitrogens with zero attached hydrogens (tertiary/aromatic N) is 3. The molecule has 0 saturated heterocycles. The number of halogens is 1. The lowest BCUT2D eigenvalue weighted by molar-refractivity contribution is -0.139. The van der Waals surface area contributed by atoms with Crippen molar-refractivity contribution in [1.29, 1.82) is 0 Å². The van der Waals surface area contributed by atoms with Crippen molar-refractivity contribution in [2.75, 3.05) is 6.61 Å². The molecule has 9 heteroatoms. The van der Waals surface area contributed by atoms with Gasteiger partial charge in [-0.25, -0.2) is 9.79 Å². The minimum atomic E-state index is -0.664. The second kappa shape index (κ2) is 11.2. The van der Waals surface area contributed by atoms with Crippen LogP contribution < -0.4 is 19.6 Å². The molecule has 5 rings (SSSR count). The highest BCUT2D eigenvalue weighted by atomic mass is 79.9. The van der Waals surface area contributed by atoms with Crippen LogP contribution in [-0.4, -0.2) is 27.8 Å². The number of benzene rings is 2. The lowest BCUT2D eigenvalue weighted by Gasteiger charge is -2.25. The molecule has 0 spiro atoms. The van der Waals surface area contributed by atoms with Gasteiger partial charge in [-0.1, -0.05) is 39.4 Å². The van der Waals surface area contributed by atoms with E-state index in [1.807, 2.05) is 91.5 Å². The number of carbonyl (C=O) groups excluding carboxylic acids is 1. The predicted molar refractivity (Wildman–Crippen MR) is 156 cm³/mol. The standard InChI is InChI=1S/C30H28BrN3O4S/c1-5-37-29(36)26-19(4)32-30-34(27(26)21-6-12-24(13-7-21)38-18(2)3)28(35)25(39-30)16-20-14-15-33(17-20)23-10-8-22(31)9-11-23/h6-18,27H,5H2,1-4H3/b25-16-/t27-/m0/s1. The summed E-state index contributed by atoms with van der Waals surface area (Å²) in [7, 11) is 0. The highest BCUT2D eigenvalue weighted by Gasteiger charge is 2.33. The van der Waals surface area contributed by atoms with E-state index in [1.54, 1.807) is 18.4 Å². The van der Waals surface area contributed by atoms with Gasteiger partial charge < -0.3 is 14.0 Å². The third kappa shape index (κ3) is 5.55. The molecule has 1 atom stereocenters. The molecule has 0 amide bonds. The summed E-state index contributed by atoms with van der Waals surface area (Å²) in [6.45, 7) is 7.69. The summed E-state index contributed by atoms with van der Waals surface area (Å²) >= 11 is 4.77. The number of aromatic nitrogens is 2. The SMILES string of the molecule is CCOC(=O)C1=C(C)N=c2s/c(=C\c3ccn(-c4ccc(Br)cc4)c3)c(=O)n2[C@H]1c1ccc(OC(C)C)cc1. The highest BCUT2D eigenvalue weighted by Crippen LogP contribution is 2.31.